The molecule has 0 aromatic carbocycles. The number of likely N-dealkylation sites (tertiary alicyclic amines) is 1. The van der Waals surface area contributed by atoms with Gasteiger partial charge in [-0.25, -0.2) is 0 Å². The average molecular weight is 346 g/mol. The standard InChI is InChI=1S/C18H26N4O3/c23-18(13-1-5-20-21-9-13)19-10-17-16-11-22(6-2-14(16)12-25-17)15-3-7-24-8-4-15/h1,5,9,14-17H,2-4,6-8,10-12H2,(H,19,23)/t14-,16-,17+/m1/s1. The van der Waals surface area contributed by atoms with Crippen LogP contribution in [0.4, 0.5) is 0 Å². The summed E-state index contributed by atoms with van der Waals surface area (Å²) in [6.07, 6.45) is 6.58. The zero-order valence-electron chi connectivity index (χ0n) is 14.5. The van der Waals surface area contributed by atoms with Crippen molar-refractivity contribution in [2.45, 2.75) is 31.4 Å². The molecule has 3 saturated heterocycles. The van der Waals surface area contributed by atoms with Gasteiger partial charge < -0.3 is 14.8 Å². The second kappa shape index (κ2) is 7.76. The smallest absolute Gasteiger partial charge is 0.253 e. The van der Waals surface area contributed by atoms with Gasteiger partial charge in [0.2, 0.25) is 0 Å². The summed E-state index contributed by atoms with van der Waals surface area (Å²) in [4.78, 5) is 14.8. The Labute approximate surface area is 148 Å². The van der Waals surface area contributed by atoms with Gasteiger partial charge >= 0.3 is 0 Å². The van der Waals surface area contributed by atoms with Gasteiger partial charge in [-0.2, -0.15) is 10.2 Å². The Kier molecular flexibility index (Phi) is 5.24. The highest BCUT2D eigenvalue weighted by Gasteiger charge is 2.42. The van der Waals surface area contributed by atoms with Crippen molar-refractivity contribution in [3.8, 4) is 0 Å². The molecule has 1 aromatic rings. The van der Waals surface area contributed by atoms with E-state index in [9.17, 15) is 4.79 Å². The summed E-state index contributed by atoms with van der Waals surface area (Å²) in [7, 11) is 0. The first kappa shape index (κ1) is 16.9. The van der Waals surface area contributed by atoms with Crippen LogP contribution in [-0.4, -0.2) is 72.6 Å². The molecule has 3 aliphatic heterocycles. The second-order valence-corrected chi connectivity index (χ2v) is 7.26. The minimum absolute atomic E-state index is 0.103. The van der Waals surface area contributed by atoms with Crippen molar-refractivity contribution in [1.82, 2.24) is 20.4 Å². The highest BCUT2D eigenvalue weighted by molar-refractivity contribution is 5.93. The van der Waals surface area contributed by atoms with Gasteiger partial charge in [0.05, 0.1) is 30.7 Å². The number of hydrogen-bond donors (Lipinski definition) is 1. The number of ether oxygens (including phenoxy) is 2. The molecule has 3 atom stereocenters. The quantitative estimate of drug-likeness (QED) is 0.866. The zero-order valence-corrected chi connectivity index (χ0v) is 14.5. The zero-order chi connectivity index (χ0) is 17.1. The van der Waals surface area contributed by atoms with Crippen molar-refractivity contribution >= 4 is 5.91 Å². The van der Waals surface area contributed by atoms with E-state index in [2.05, 4.69) is 20.4 Å². The molecule has 3 aliphatic rings. The highest BCUT2D eigenvalue weighted by atomic mass is 16.5. The lowest BCUT2D eigenvalue weighted by molar-refractivity contribution is 0.00539. The molecule has 0 spiro atoms. The Bertz CT molecular complexity index is 579. The Hall–Kier alpha value is -1.57. The molecule has 7 heteroatoms. The third-order valence-electron chi connectivity index (χ3n) is 5.86. The average Bonchev–Trinajstić information content (AvgIpc) is 3.10. The molecule has 25 heavy (non-hydrogen) atoms. The van der Waals surface area contributed by atoms with Crippen molar-refractivity contribution in [2.24, 2.45) is 11.8 Å². The Morgan fingerprint density at radius 1 is 1.28 bits per heavy atom. The molecule has 7 nitrogen and oxygen atoms in total. The third kappa shape index (κ3) is 3.83. The third-order valence-corrected chi connectivity index (χ3v) is 5.86. The molecule has 4 heterocycles. The van der Waals surface area contributed by atoms with Crippen LogP contribution >= 0.6 is 0 Å². The summed E-state index contributed by atoms with van der Waals surface area (Å²) >= 11 is 0. The molecule has 0 saturated carbocycles. The van der Waals surface area contributed by atoms with Gasteiger partial charge in [0.25, 0.3) is 5.91 Å². The fraction of sp³-hybridized carbons (Fsp3) is 0.722. The topological polar surface area (TPSA) is 76.6 Å². The number of nitrogens with one attached hydrogen (secondary N) is 1. The van der Waals surface area contributed by atoms with Gasteiger partial charge in [-0.05, 0) is 37.8 Å². The molecule has 1 amide bonds. The normalized spacial score (nSPS) is 30.8. The molecule has 0 aliphatic carbocycles. The number of aromatic nitrogens is 2. The number of amides is 1. The van der Waals surface area contributed by atoms with Gasteiger partial charge in [0.15, 0.2) is 0 Å². The van der Waals surface area contributed by atoms with Crippen LogP contribution < -0.4 is 5.32 Å². The fourth-order valence-electron chi connectivity index (χ4n) is 4.37. The van der Waals surface area contributed by atoms with Crippen LogP contribution in [0, 0.1) is 11.8 Å². The lowest BCUT2D eigenvalue weighted by Crippen LogP contribution is -2.50. The van der Waals surface area contributed by atoms with Crippen molar-refractivity contribution < 1.29 is 14.3 Å². The van der Waals surface area contributed by atoms with Crippen molar-refractivity contribution in [2.75, 3.05) is 39.5 Å². The van der Waals surface area contributed by atoms with Crippen LogP contribution in [-0.2, 0) is 9.47 Å². The molecule has 0 bridgehead atoms. The van der Waals surface area contributed by atoms with Crippen LogP contribution in [0.5, 0.6) is 0 Å². The first-order valence-electron chi connectivity index (χ1n) is 9.29. The molecule has 136 valence electrons. The summed E-state index contributed by atoms with van der Waals surface area (Å²) in [5.41, 5.74) is 0.539. The van der Waals surface area contributed by atoms with E-state index in [4.69, 9.17) is 9.47 Å². The summed E-state index contributed by atoms with van der Waals surface area (Å²) in [5.74, 6) is 1.02. The summed E-state index contributed by atoms with van der Waals surface area (Å²) in [6, 6.07) is 2.32. The van der Waals surface area contributed by atoms with E-state index in [0.29, 0.717) is 30.0 Å². The number of carbonyl (C=O) groups excluding carboxylic acids is 1. The Morgan fingerprint density at radius 2 is 2.16 bits per heavy atom. The molecular formula is C18H26N4O3. The van der Waals surface area contributed by atoms with E-state index in [1.807, 2.05) is 0 Å². The largest absolute Gasteiger partial charge is 0.381 e. The van der Waals surface area contributed by atoms with Crippen LogP contribution in [0.3, 0.4) is 0 Å². The van der Waals surface area contributed by atoms with Crippen LogP contribution in [0.25, 0.3) is 0 Å². The van der Waals surface area contributed by atoms with Gasteiger partial charge in [0, 0.05) is 38.3 Å². The summed E-state index contributed by atoms with van der Waals surface area (Å²) < 4.78 is 11.5. The molecule has 1 aromatic heterocycles. The SMILES string of the molecule is O=C(NC[C@@H]1OC[C@H]2CCN(C3CCOCC3)C[C@H]21)c1ccnnc1. The predicted molar refractivity (Wildman–Crippen MR) is 91.1 cm³/mol. The van der Waals surface area contributed by atoms with Crippen molar-refractivity contribution in [1.29, 1.82) is 0 Å². The van der Waals surface area contributed by atoms with E-state index < -0.39 is 0 Å². The van der Waals surface area contributed by atoms with E-state index in [1.54, 1.807) is 6.07 Å². The first-order chi connectivity index (χ1) is 12.3. The Morgan fingerprint density at radius 3 is 2.96 bits per heavy atom. The second-order valence-electron chi connectivity index (χ2n) is 7.26. The lowest BCUT2D eigenvalue weighted by Gasteiger charge is -2.41. The first-order valence-corrected chi connectivity index (χ1v) is 9.29. The molecule has 1 N–H and O–H groups in total. The molecular weight excluding hydrogens is 320 g/mol. The van der Waals surface area contributed by atoms with Gasteiger partial charge in [0.1, 0.15) is 0 Å². The maximum atomic E-state index is 12.2. The van der Waals surface area contributed by atoms with Crippen molar-refractivity contribution in [3.05, 3.63) is 24.0 Å². The number of fused-ring (bicyclic) bond motifs is 1. The molecule has 0 unspecified atom stereocenters. The van der Waals surface area contributed by atoms with E-state index in [0.717, 1.165) is 45.8 Å². The Balaban J connectivity index is 1.32. The van der Waals surface area contributed by atoms with E-state index in [-0.39, 0.29) is 12.0 Å². The van der Waals surface area contributed by atoms with Gasteiger partial charge in [-0.1, -0.05) is 0 Å². The van der Waals surface area contributed by atoms with Crippen molar-refractivity contribution in [3.63, 3.8) is 0 Å². The monoisotopic (exact) mass is 346 g/mol. The summed E-state index contributed by atoms with van der Waals surface area (Å²) in [6.45, 7) is 5.38. The predicted octanol–water partition coefficient (Wildman–Crippen LogP) is 0.722. The van der Waals surface area contributed by atoms with E-state index in [1.165, 1.54) is 18.8 Å². The van der Waals surface area contributed by atoms with Gasteiger partial charge in [-0.15, -0.1) is 0 Å². The number of nitrogens with zero attached hydrogens (tertiary/aromatic N) is 3. The number of carbonyl (C=O) groups is 1. The minimum Gasteiger partial charge on any atom is -0.381 e. The molecule has 3 fully saturated rings. The molecule has 4 rings (SSSR count). The fourth-order valence-corrected chi connectivity index (χ4v) is 4.37. The van der Waals surface area contributed by atoms with Crippen LogP contribution in [0.1, 0.15) is 29.6 Å². The van der Waals surface area contributed by atoms with E-state index >= 15 is 0 Å². The molecule has 0 radical (unpaired) electrons. The maximum absolute atomic E-state index is 12.2. The maximum Gasteiger partial charge on any atom is 0.253 e. The number of rotatable bonds is 4. The minimum atomic E-state index is -0.112. The number of piperidine rings is 1. The van der Waals surface area contributed by atoms with Gasteiger partial charge in [-0.3, -0.25) is 9.69 Å². The lowest BCUT2D eigenvalue weighted by atomic mass is 9.83. The number of hydrogen-bond acceptors (Lipinski definition) is 6. The van der Waals surface area contributed by atoms with Crippen LogP contribution in [0.2, 0.25) is 0 Å². The van der Waals surface area contributed by atoms with Crippen LogP contribution in [0.15, 0.2) is 18.5 Å². The summed E-state index contributed by atoms with van der Waals surface area (Å²) in [5, 5.41) is 10.5. The highest BCUT2D eigenvalue weighted by Crippen LogP contribution is 2.35.